The van der Waals surface area contributed by atoms with Crippen LogP contribution in [0.5, 0.6) is 0 Å². The molecular weight excluding hydrogens is 170 g/mol. The first-order valence-electron chi connectivity index (χ1n) is 3.54. The molecule has 0 aliphatic rings. The third-order valence-electron chi connectivity index (χ3n) is 1.34. The molecule has 5 heteroatoms. The molecular formula is C8H7N3O2. The molecule has 0 aliphatic heterocycles. The molecule has 0 bridgehead atoms. The number of aromatic nitrogens is 1. The molecule has 0 saturated carbocycles. The predicted octanol–water partition coefficient (Wildman–Crippen LogP) is 0.205. The Morgan fingerprint density at radius 3 is 2.77 bits per heavy atom. The van der Waals surface area contributed by atoms with Gasteiger partial charge in [-0.3, -0.25) is 9.59 Å². The van der Waals surface area contributed by atoms with Gasteiger partial charge in [-0.1, -0.05) is 0 Å². The lowest BCUT2D eigenvalue weighted by Crippen LogP contribution is -2.15. The standard InChI is InChI=1S/C8H7N3O2/c1-5(12)10-7-3-2-6(4-9)8(13)11-7/h2-3H,1H3,(H2,10,11,12,13). The number of hydrogen-bond donors (Lipinski definition) is 2. The van der Waals surface area contributed by atoms with Crippen LogP contribution in [0.2, 0.25) is 0 Å². The third-order valence-corrected chi connectivity index (χ3v) is 1.34. The summed E-state index contributed by atoms with van der Waals surface area (Å²) in [5.74, 6) is 0.0110. The molecule has 0 saturated heterocycles. The van der Waals surface area contributed by atoms with E-state index in [1.165, 1.54) is 19.1 Å². The van der Waals surface area contributed by atoms with Crippen LogP contribution in [0.15, 0.2) is 16.9 Å². The molecule has 66 valence electrons. The number of aromatic amines is 1. The van der Waals surface area contributed by atoms with E-state index in [0.717, 1.165) is 0 Å². The molecule has 1 rings (SSSR count). The van der Waals surface area contributed by atoms with Crippen molar-refractivity contribution in [1.82, 2.24) is 4.98 Å². The monoisotopic (exact) mass is 177 g/mol. The minimum Gasteiger partial charge on any atom is -0.312 e. The van der Waals surface area contributed by atoms with Crippen LogP contribution < -0.4 is 10.9 Å². The number of nitriles is 1. The van der Waals surface area contributed by atoms with Crippen LogP contribution in [-0.2, 0) is 4.79 Å². The number of rotatable bonds is 1. The minimum absolute atomic E-state index is 0.0223. The summed E-state index contributed by atoms with van der Waals surface area (Å²) in [6.45, 7) is 1.33. The van der Waals surface area contributed by atoms with Crippen molar-refractivity contribution >= 4 is 11.7 Å². The second kappa shape index (κ2) is 3.54. The van der Waals surface area contributed by atoms with Gasteiger partial charge in [0.1, 0.15) is 17.5 Å². The average molecular weight is 177 g/mol. The molecule has 0 fully saturated rings. The number of carbonyl (C=O) groups is 1. The van der Waals surface area contributed by atoms with Crippen molar-refractivity contribution in [2.75, 3.05) is 5.32 Å². The summed E-state index contributed by atoms with van der Waals surface area (Å²) in [6, 6.07) is 4.53. The summed E-state index contributed by atoms with van der Waals surface area (Å²) in [5, 5.41) is 10.8. The second-order valence-electron chi connectivity index (χ2n) is 2.41. The van der Waals surface area contributed by atoms with Crippen LogP contribution in [0.3, 0.4) is 0 Å². The lowest BCUT2D eigenvalue weighted by atomic mass is 10.3. The number of amides is 1. The normalized spacial score (nSPS) is 8.92. The van der Waals surface area contributed by atoms with E-state index in [0.29, 0.717) is 0 Å². The molecule has 1 amide bonds. The zero-order valence-electron chi connectivity index (χ0n) is 6.92. The van der Waals surface area contributed by atoms with Gasteiger partial charge in [0.05, 0.1) is 0 Å². The number of carbonyl (C=O) groups excluding carboxylic acids is 1. The van der Waals surface area contributed by atoms with Gasteiger partial charge in [0.2, 0.25) is 5.91 Å². The number of hydrogen-bond acceptors (Lipinski definition) is 3. The topological polar surface area (TPSA) is 85.8 Å². The van der Waals surface area contributed by atoms with Gasteiger partial charge in [-0.15, -0.1) is 0 Å². The van der Waals surface area contributed by atoms with Crippen LogP contribution in [-0.4, -0.2) is 10.9 Å². The molecule has 5 nitrogen and oxygen atoms in total. The fourth-order valence-corrected chi connectivity index (χ4v) is 0.824. The average Bonchev–Trinajstić information content (AvgIpc) is 2.03. The maximum Gasteiger partial charge on any atom is 0.267 e. The Balaban J connectivity index is 3.05. The Hall–Kier alpha value is -2.09. The first-order chi connectivity index (χ1) is 6.13. The van der Waals surface area contributed by atoms with Crippen molar-refractivity contribution < 1.29 is 4.79 Å². The van der Waals surface area contributed by atoms with Crippen molar-refractivity contribution in [2.24, 2.45) is 0 Å². The molecule has 0 aliphatic carbocycles. The number of nitrogens with one attached hydrogen (secondary N) is 2. The van der Waals surface area contributed by atoms with E-state index in [2.05, 4.69) is 10.3 Å². The van der Waals surface area contributed by atoms with E-state index >= 15 is 0 Å². The fraction of sp³-hybridized carbons (Fsp3) is 0.125. The van der Waals surface area contributed by atoms with Crippen LogP contribution in [0.25, 0.3) is 0 Å². The number of anilines is 1. The lowest BCUT2D eigenvalue weighted by Gasteiger charge is -1.99. The molecule has 0 unspecified atom stereocenters. The summed E-state index contributed by atoms with van der Waals surface area (Å²) in [5.41, 5.74) is -0.483. The Kier molecular flexibility index (Phi) is 2.45. The molecule has 13 heavy (non-hydrogen) atoms. The van der Waals surface area contributed by atoms with E-state index in [-0.39, 0.29) is 17.3 Å². The van der Waals surface area contributed by atoms with Gasteiger partial charge in [0.15, 0.2) is 0 Å². The van der Waals surface area contributed by atoms with Gasteiger partial charge in [-0.25, -0.2) is 0 Å². The maximum absolute atomic E-state index is 11.0. The first-order valence-corrected chi connectivity index (χ1v) is 3.54. The quantitative estimate of drug-likeness (QED) is 0.642. The predicted molar refractivity (Wildman–Crippen MR) is 46.1 cm³/mol. The lowest BCUT2D eigenvalue weighted by molar-refractivity contribution is -0.114. The Labute approximate surface area is 74.0 Å². The molecule has 0 radical (unpaired) electrons. The van der Waals surface area contributed by atoms with Gasteiger partial charge >= 0.3 is 0 Å². The second-order valence-corrected chi connectivity index (χ2v) is 2.41. The van der Waals surface area contributed by atoms with Gasteiger partial charge in [0, 0.05) is 6.92 Å². The summed E-state index contributed by atoms with van der Waals surface area (Å²) in [4.78, 5) is 24.0. The molecule has 0 aromatic carbocycles. The van der Waals surface area contributed by atoms with Crippen molar-refractivity contribution in [3.8, 4) is 6.07 Å². The zero-order chi connectivity index (χ0) is 9.84. The van der Waals surface area contributed by atoms with E-state index in [1.54, 1.807) is 6.07 Å². The molecule has 1 heterocycles. The van der Waals surface area contributed by atoms with E-state index in [4.69, 9.17) is 5.26 Å². The van der Waals surface area contributed by atoms with Gasteiger partial charge in [-0.05, 0) is 12.1 Å². The van der Waals surface area contributed by atoms with Gasteiger partial charge in [0.25, 0.3) is 5.56 Å². The SMILES string of the molecule is CC(=O)Nc1ccc(C#N)c(=O)[nH]1. The smallest absolute Gasteiger partial charge is 0.267 e. The Bertz CT molecular complexity index is 428. The van der Waals surface area contributed by atoms with Gasteiger partial charge < -0.3 is 10.3 Å². The number of H-pyrrole nitrogens is 1. The Morgan fingerprint density at radius 2 is 2.31 bits per heavy atom. The largest absolute Gasteiger partial charge is 0.312 e. The zero-order valence-corrected chi connectivity index (χ0v) is 6.92. The van der Waals surface area contributed by atoms with Crippen LogP contribution in [0.4, 0.5) is 5.82 Å². The maximum atomic E-state index is 11.0. The highest BCUT2D eigenvalue weighted by Crippen LogP contribution is 1.99. The van der Waals surface area contributed by atoms with Crippen molar-refractivity contribution in [1.29, 1.82) is 5.26 Å². The van der Waals surface area contributed by atoms with Crippen molar-refractivity contribution in [2.45, 2.75) is 6.92 Å². The molecule has 1 aromatic rings. The number of pyridine rings is 1. The van der Waals surface area contributed by atoms with E-state index in [9.17, 15) is 9.59 Å². The van der Waals surface area contributed by atoms with E-state index in [1.807, 2.05) is 0 Å². The molecule has 2 N–H and O–H groups in total. The highest BCUT2D eigenvalue weighted by Gasteiger charge is 1.99. The summed E-state index contributed by atoms with van der Waals surface area (Å²) in [6.07, 6.45) is 0. The molecule has 0 atom stereocenters. The minimum atomic E-state index is -0.506. The van der Waals surface area contributed by atoms with Crippen molar-refractivity contribution in [3.63, 3.8) is 0 Å². The highest BCUT2D eigenvalue weighted by molar-refractivity contribution is 5.87. The highest BCUT2D eigenvalue weighted by atomic mass is 16.1. The first kappa shape index (κ1) is 9.00. The van der Waals surface area contributed by atoms with E-state index < -0.39 is 5.56 Å². The summed E-state index contributed by atoms with van der Waals surface area (Å²) in [7, 11) is 0. The molecule has 1 aromatic heterocycles. The van der Waals surface area contributed by atoms with Gasteiger partial charge in [-0.2, -0.15) is 5.26 Å². The summed E-state index contributed by atoms with van der Waals surface area (Å²) < 4.78 is 0. The number of nitrogens with zero attached hydrogens (tertiary/aromatic N) is 1. The summed E-state index contributed by atoms with van der Waals surface area (Å²) >= 11 is 0. The van der Waals surface area contributed by atoms with Crippen LogP contribution in [0, 0.1) is 11.3 Å². The third kappa shape index (κ3) is 2.17. The Morgan fingerprint density at radius 1 is 1.62 bits per heavy atom. The van der Waals surface area contributed by atoms with Crippen LogP contribution in [0.1, 0.15) is 12.5 Å². The van der Waals surface area contributed by atoms with Crippen LogP contribution >= 0.6 is 0 Å². The molecule has 0 spiro atoms. The fourth-order valence-electron chi connectivity index (χ4n) is 0.824. The van der Waals surface area contributed by atoms with Crippen molar-refractivity contribution in [3.05, 3.63) is 28.0 Å².